The first-order valence-corrected chi connectivity index (χ1v) is 25.6. The molecule has 22 heteroatoms. The van der Waals surface area contributed by atoms with E-state index < -0.39 is 57.7 Å². The van der Waals surface area contributed by atoms with Gasteiger partial charge in [0.15, 0.2) is 0 Å². The summed E-state index contributed by atoms with van der Waals surface area (Å²) in [6.07, 6.45) is 1.31. The molecule has 12 nitrogen and oxygen atoms in total. The zero-order chi connectivity index (χ0) is 57.6. The Balaban J connectivity index is -0.000000913. The number of carbonyl (C=O) groups is 4. The number of hydrogen-bond acceptors (Lipinski definition) is 9. The second-order valence-electron chi connectivity index (χ2n) is 17.2. The average Bonchev–Trinajstić information content (AvgIpc) is 3.96. The number of benzene rings is 6. The summed E-state index contributed by atoms with van der Waals surface area (Å²) < 4.78 is 85.9. The maximum Gasteiger partial charge on any atom is 0.394 e. The second kappa shape index (κ2) is 36.5. The summed E-state index contributed by atoms with van der Waals surface area (Å²) in [6.45, 7) is 14.7. The van der Waals surface area contributed by atoms with Crippen molar-refractivity contribution < 1.29 is 81.6 Å². The molecule has 0 bridgehead atoms. The molecule has 6 N–H and O–H groups in total. The zero-order valence-electron chi connectivity index (χ0n) is 43.2. The van der Waals surface area contributed by atoms with Gasteiger partial charge in [-0.25, -0.2) is 47.3 Å². The molecule has 3 radical (unpaired) electrons. The van der Waals surface area contributed by atoms with Gasteiger partial charge in [0.1, 0.15) is 40.4 Å². The number of aryl methyl sites for hydroxylation is 2. The Morgan fingerprint density at radius 1 is 0.556 bits per heavy atom. The van der Waals surface area contributed by atoms with E-state index in [-0.39, 0.29) is 78.9 Å². The molecule has 0 saturated carbocycles. The molecule has 439 valence electrons. The van der Waals surface area contributed by atoms with Crippen molar-refractivity contribution in [2.75, 3.05) is 13.2 Å². The van der Waals surface area contributed by atoms with E-state index in [0.29, 0.717) is 48.4 Å². The highest BCUT2D eigenvalue weighted by Gasteiger charge is 2.52. The summed E-state index contributed by atoms with van der Waals surface area (Å²) in [4.78, 5) is 47.8. The van der Waals surface area contributed by atoms with Gasteiger partial charge in [-0.2, -0.15) is 0 Å². The van der Waals surface area contributed by atoms with Crippen LogP contribution in [-0.4, -0.2) is 77.0 Å². The predicted octanol–water partition coefficient (Wildman–Crippen LogP) is 12.7. The molecule has 2 aliphatic carbocycles. The third-order valence-electron chi connectivity index (χ3n) is 11.7. The smallest absolute Gasteiger partial charge is 0.394 e. The van der Waals surface area contributed by atoms with E-state index in [2.05, 4.69) is 36.7 Å². The standard InChI is InChI=1S/C13H12FNO2.C12H14FNO2.C8H7Br2F.C8H5FO4.C8H9FO2.C8H9F.2CH4.B.FH.H2/c1-3-17-12(16)13(15-2)7-9-4-5-11(14)6-10(9)8-13;1-2-16-11(15)12(14)6-8-3-4-10(13)5-9(8)7-12;9-4-6-1-2-8(11)3-7(6)5-10;9-4-1-2-5(7(10)11)6(3-4)8(12)13;9-8-2-1-6(4-10)7(3-8)5-11;1-6-3-4-8(9)5-7(6)2;;;;;/h4-6H,3,7-8H2,1H3;3-5H,2,6-7,14H2,1H3;1-3H,4-5H2;1-3H,(H,10,11)(H,12,13);1-3,10-11H,4-5H2;3-5H,1-2H3;2*1H4;;2*1H/i;;;;;;;;;;1+1. The molecule has 2 atom stereocenters. The number of hydrogen-bond donors (Lipinski definition) is 5. The minimum absolute atomic E-state index is 0. The molecule has 2 unspecified atom stereocenters. The number of aliphatic hydroxyl groups excluding tert-OH is 2. The number of carbonyl (C=O) groups excluding carboxylic acids is 2. The van der Waals surface area contributed by atoms with E-state index in [0.717, 1.165) is 62.0 Å². The summed E-state index contributed by atoms with van der Waals surface area (Å²) in [7, 11) is 0. The largest absolute Gasteiger partial charge is 0.478 e. The lowest BCUT2D eigenvalue weighted by atomic mass is 9.97. The monoisotopic (exact) mass is 1270 g/mol. The number of alkyl halides is 2. The van der Waals surface area contributed by atoms with Gasteiger partial charge in [0.25, 0.3) is 0 Å². The number of aromatic carboxylic acids is 2. The Bertz CT molecular complexity index is 3030. The van der Waals surface area contributed by atoms with Crippen LogP contribution in [0.4, 0.5) is 31.0 Å². The van der Waals surface area contributed by atoms with E-state index in [1.807, 2.05) is 13.8 Å². The molecule has 6 aromatic rings. The van der Waals surface area contributed by atoms with Gasteiger partial charge >= 0.3 is 29.4 Å². The lowest BCUT2D eigenvalue weighted by molar-refractivity contribution is -0.149. The van der Waals surface area contributed by atoms with E-state index in [9.17, 15) is 45.5 Å². The number of aliphatic hydroxyl groups is 2. The number of carboxylic acids is 2. The molecule has 81 heavy (non-hydrogen) atoms. The van der Waals surface area contributed by atoms with E-state index in [4.69, 9.17) is 42.2 Å². The van der Waals surface area contributed by atoms with Crippen molar-refractivity contribution in [3.63, 3.8) is 0 Å². The summed E-state index contributed by atoms with van der Waals surface area (Å²) >= 11 is 6.63. The van der Waals surface area contributed by atoms with Gasteiger partial charge in [-0.1, -0.05) is 77.0 Å². The summed E-state index contributed by atoms with van der Waals surface area (Å²) in [5.41, 5.74) is 11.4. The van der Waals surface area contributed by atoms with Crippen molar-refractivity contribution in [3.05, 3.63) is 222 Å². The molecule has 0 spiro atoms. The molecule has 0 amide bonds. The highest BCUT2D eigenvalue weighted by atomic mass is 79.9. The maximum atomic E-state index is 13.1. The fraction of sp³-hybridized carbons (Fsp3) is 0.305. The highest BCUT2D eigenvalue weighted by molar-refractivity contribution is 9.09. The number of carboxylic acid groups (broad SMARTS) is 2. The van der Waals surface area contributed by atoms with Gasteiger partial charge in [0, 0.05) is 33.3 Å². The third kappa shape index (κ3) is 22.5. The van der Waals surface area contributed by atoms with Crippen LogP contribution in [0.25, 0.3) is 4.85 Å². The molecule has 6 aromatic carbocycles. The number of ether oxygens (including phenoxy) is 2. The van der Waals surface area contributed by atoms with E-state index in [1.165, 1.54) is 60.7 Å². The number of halogens is 9. The van der Waals surface area contributed by atoms with Gasteiger partial charge in [-0.3, -0.25) is 14.3 Å². The quantitative estimate of drug-likeness (QED) is 0.0288. The summed E-state index contributed by atoms with van der Waals surface area (Å²) in [6, 6.07) is 24.9. The minimum atomic E-state index is -1.46. The maximum absolute atomic E-state index is 13.1. The fourth-order valence-corrected chi connectivity index (χ4v) is 8.65. The van der Waals surface area contributed by atoms with Crippen LogP contribution in [-0.2, 0) is 68.6 Å². The molecule has 0 fully saturated rings. The molecule has 0 aromatic heterocycles. The third-order valence-corrected chi connectivity index (χ3v) is 13.0. The fourth-order valence-electron chi connectivity index (χ4n) is 7.58. The first-order valence-electron chi connectivity index (χ1n) is 23.4. The van der Waals surface area contributed by atoms with E-state index >= 15 is 0 Å². The normalized spacial score (nSPS) is 14.4. The van der Waals surface area contributed by atoms with Crippen LogP contribution in [0.2, 0.25) is 0 Å². The van der Waals surface area contributed by atoms with Gasteiger partial charge in [0.05, 0.1) is 50.4 Å². The van der Waals surface area contributed by atoms with Crippen molar-refractivity contribution in [2.24, 2.45) is 5.73 Å². The van der Waals surface area contributed by atoms with Crippen LogP contribution in [0.1, 0.15) is 106 Å². The highest BCUT2D eigenvalue weighted by Crippen LogP contribution is 2.35. The number of nitrogens with zero attached hydrogens (tertiary/aromatic N) is 1. The van der Waals surface area contributed by atoms with Crippen LogP contribution in [0, 0.1) is 55.3 Å². The Hall–Kier alpha value is -6.90. The van der Waals surface area contributed by atoms with Crippen LogP contribution in [0.15, 0.2) is 109 Å². The van der Waals surface area contributed by atoms with Gasteiger partial charge in [-0.15, -0.1) is 0 Å². The number of rotatable bonds is 10. The zero-order valence-corrected chi connectivity index (χ0v) is 46.4. The van der Waals surface area contributed by atoms with Crippen molar-refractivity contribution in [2.45, 2.75) is 103 Å². The van der Waals surface area contributed by atoms with Crippen molar-refractivity contribution >= 4 is 64.2 Å². The average molecular weight is 1270 g/mol. The Morgan fingerprint density at radius 2 is 0.951 bits per heavy atom. The van der Waals surface area contributed by atoms with E-state index in [1.54, 1.807) is 44.2 Å². The predicted molar refractivity (Wildman–Crippen MR) is 307 cm³/mol. The Labute approximate surface area is 487 Å². The van der Waals surface area contributed by atoms with Crippen molar-refractivity contribution in [1.29, 1.82) is 0 Å². The van der Waals surface area contributed by atoms with Crippen LogP contribution < -0.4 is 5.73 Å². The second-order valence-corrected chi connectivity index (χ2v) is 18.3. The molecule has 2 aliphatic rings. The van der Waals surface area contributed by atoms with Gasteiger partial charge in [-0.05, 0) is 162 Å². The van der Waals surface area contributed by atoms with Crippen molar-refractivity contribution in [1.82, 2.24) is 0 Å². The lowest BCUT2D eigenvalue weighted by Crippen LogP contribution is -2.50. The van der Waals surface area contributed by atoms with Crippen LogP contribution in [0.5, 0.6) is 0 Å². The minimum Gasteiger partial charge on any atom is -0.478 e. The first-order chi connectivity index (χ1) is 36.4. The molecule has 0 heterocycles. The Kier molecular flexibility index (Phi) is 34.3. The SMILES string of the molecule is C.C.CCOC(=O)C1(N)Cc2ccc(F)cc2C1.Cc1ccc(F)cc1C.F.Fc1ccc(CBr)c(CBr)c1.O=C(O)c1ccc(F)cc1C(=O)O.OCc1ccc(F)cc1CO.[2HH].[B].[C-]#[N+]C1(C(=O)OCC)Cc2ccc(F)cc2C1. The summed E-state index contributed by atoms with van der Waals surface area (Å²) in [5.74, 6) is -5.91. The van der Waals surface area contributed by atoms with Gasteiger partial charge in [0.2, 0.25) is 0 Å². The van der Waals surface area contributed by atoms with Gasteiger partial charge < -0.3 is 35.6 Å². The number of nitrogens with two attached hydrogens (primary N) is 1. The van der Waals surface area contributed by atoms with Crippen LogP contribution >= 0.6 is 31.9 Å². The molecule has 0 aliphatic heterocycles. The van der Waals surface area contributed by atoms with Crippen LogP contribution in [0.3, 0.4) is 0 Å². The Morgan fingerprint density at radius 3 is 1.42 bits per heavy atom. The van der Waals surface area contributed by atoms with Crippen molar-refractivity contribution in [3.8, 4) is 0 Å². The summed E-state index contributed by atoms with van der Waals surface area (Å²) in [5, 5.41) is 35.9. The molecule has 0 saturated heterocycles. The molecule has 8 rings (SSSR count). The molecular weight excluding hydrogens is 1200 g/mol. The lowest BCUT2D eigenvalue weighted by Gasteiger charge is -2.20. The molecular formula is C59H67BBr2F7N2O10. The number of esters is 2. The topological polar surface area (TPSA) is 198 Å². The first kappa shape index (κ1) is 76.2. The number of fused-ring (bicyclic) bond motifs is 2.